The Bertz CT molecular complexity index is 394. The van der Waals surface area contributed by atoms with Crippen molar-refractivity contribution in [3.05, 3.63) is 0 Å². The summed E-state index contributed by atoms with van der Waals surface area (Å²) in [6, 6.07) is -1.50. The van der Waals surface area contributed by atoms with Crippen LogP contribution in [0.1, 0.15) is 54.4 Å². The predicted octanol–water partition coefficient (Wildman–Crippen LogP) is 1.24. The molecule has 0 aliphatic heterocycles. The molecular formula is C16H30N2O6. The molecule has 2 amide bonds. The lowest BCUT2D eigenvalue weighted by Crippen LogP contribution is -2.40. The maximum Gasteiger partial charge on any atom is 0.326 e. The summed E-state index contributed by atoms with van der Waals surface area (Å²) in [6.07, 6.45) is 0.934. The number of amides is 2. The Labute approximate surface area is 143 Å². The van der Waals surface area contributed by atoms with Gasteiger partial charge in [-0.25, -0.2) is 9.59 Å². The quantitative estimate of drug-likeness (QED) is 0.523. The molecular weight excluding hydrogens is 316 g/mol. The highest BCUT2D eigenvalue weighted by Crippen LogP contribution is 2.05. The first-order chi connectivity index (χ1) is 10.9. The standard InChI is InChI=1S/2C8H15NO3/c2*1-5(2)4-7(8(11)12)9-6(3)10/h2*5,7H,4H2,1-3H3,(H,9,10)(H,11,12). The molecule has 0 aliphatic rings. The molecule has 0 spiro atoms. The molecule has 4 N–H and O–H groups in total. The van der Waals surface area contributed by atoms with Gasteiger partial charge in [-0.05, 0) is 24.7 Å². The van der Waals surface area contributed by atoms with E-state index in [0.717, 1.165) is 0 Å². The number of hydrogen-bond donors (Lipinski definition) is 4. The lowest BCUT2D eigenvalue weighted by molar-refractivity contribution is -0.142. The zero-order valence-electron chi connectivity index (χ0n) is 15.3. The van der Waals surface area contributed by atoms with E-state index in [2.05, 4.69) is 10.6 Å². The summed E-state index contributed by atoms with van der Waals surface area (Å²) >= 11 is 0. The van der Waals surface area contributed by atoms with E-state index in [0.29, 0.717) is 12.8 Å². The van der Waals surface area contributed by atoms with Crippen LogP contribution in [0.3, 0.4) is 0 Å². The summed E-state index contributed by atoms with van der Waals surface area (Å²) in [5.41, 5.74) is 0. The van der Waals surface area contributed by atoms with Crippen molar-refractivity contribution in [2.24, 2.45) is 11.8 Å². The van der Waals surface area contributed by atoms with Gasteiger partial charge in [0.15, 0.2) is 0 Å². The molecule has 140 valence electrons. The number of hydrogen-bond acceptors (Lipinski definition) is 4. The average molecular weight is 346 g/mol. The highest BCUT2D eigenvalue weighted by atomic mass is 16.4. The number of carbonyl (C=O) groups excluding carboxylic acids is 2. The van der Waals surface area contributed by atoms with Crippen molar-refractivity contribution in [2.75, 3.05) is 0 Å². The SMILES string of the molecule is CC(=O)NC(CC(C)C)C(=O)O.CC(=O)NC(CC(C)C)C(=O)O. The van der Waals surface area contributed by atoms with Gasteiger partial charge in [0, 0.05) is 13.8 Å². The summed E-state index contributed by atoms with van der Waals surface area (Å²) in [6.45, 7) is 10.3. The highest BCUT2D eigenvalue weighted by Gasteiger charge is 2.19. The first kappa shape index (κ1) is 24.1. The van der Waals surface area contributed by atoms with Crippen molar-refractivity contribution in [3.63, 3.8) is 0 Å². The summed E-state index contributed by atoms with van der Waals surface area (Å²) in [5, 5.41) is 22.1. The lowest BCUT2D eigenvalue weighted by Gasteiger charge is -2.14. The maximum absolute atomic E-state index is 10.6. The topological polar surface area (TPSA) is 133 Å². The molecule has 8 nitrogen and oxygen atoms in total. The van der Waals surface area contributed by atoms with E-state index < -0.39 is 24.0 Å². The summed E-state index contributed by atoms with van der Waals surface area (Å²) in [7, 11) is 0. The van der Waals surface area contributed by atoms with Crippen molar-refractivity contribution in [1.82, 2.24) is 10.6 Å². The maximum atomic E-state index is 10.6. The molecule has 0 aromatic carbocycles. The summed E-state index contributed by atoms with van der Waals surface area (Å²) in [4.78, 5) is 42.2. The first-order valence-electron chi connectivity index (χ1n) is 7.86. The van der Waals surface area contributed by atoms with Crippen LogP contribution in [-0.4, -0.2) is 46.0 Å². The lowest BCUT2D eigenvalue weighted by atomic mass is 10.0. The van der Waals surface area contributed by atoms with E-state index in [1.165, 1.54) is 13.8 Å². The molecule has 2 atom stereocenters. The van der Waals surface area contributed by atoms with Crippen LogP contribution in [0.5, 0.6) is 0 Å². The molecule has 0 saturated heterocycles. The third-order valence-electron chi connectivity index (χ3n) is 2.77. The normalized spacial score (nSPS) is 12.7. The zero-order chi connectivity index (χ0) is 19.4. The molecule has 0 rings (SSSR count). The molecule has 0 aromatic rings. The van der Waals surface area contributed by atoms with E-state index >= 15 is 0 Å². The summed E-state index contributed by atoms with van der Waals surface area (Å²) < 4.78 is 0. The van der Waals surface area contributed by atoms with Crippen molar-refractivity contribution in [2.45, 2.75) is 66.5 Å². The molecule has 0 fully saturated rings. The van der Waals surface area contributed by atoms with Gasteiger partial charge in [0.1, 0.15) is 12.1 Å². The molecule has 0 saturated carbocycles. The third kappa shape index (κ3) is 14.8. The molecule has 0 aliphatic carbocycles. The minimum atomic E-state index is -0.973. The highest BCUT2D eigenvalue weighted by molar-refractivity contribution is 5.82. The van der Waals surface area contributed by atoms with Gasteiger partial charge in [-0.15, -0.1) is 0 Å². The van der Waals surface area contributed by atoms with E-state index in [-0.39, 0.29) is 23.7 Å². The fraction of sp³-hybridized carbons (Fsp3) is 0.750. The van der Waals surface area contributed by atoms with Crippen LogP contribution in [-0.2, 0) is 19.2 Å². The fourth-order valence-corrected chi connectivity index (χ4v) is 1.88. The van der Waals surface area contributed by atoms with Gasteiger partial charge in [-0.3, -0.25) is 9.59 Å². The van der Waals surface area contributed by atoms with Crippen LogP contribution in [0.25, 0.3) is 0 Å². The average Bonchev–Trinajstić information content (AvgIpc) is 2.35. The van der Waals surface area contributed by atoms with Gasteiger partial charge in [0.25, 0.3) is 0 Å². The van der Waals surface area contributed by atoms with Crippen molar-refractivity contribution in [3.8, 4) is 0 Å². The Kier molecular flexibility index (Phi) is 12.4. The van der Waals surface area contributed by atoms with Crippen LogP contribution < -0.4 is 10.6 Å². The molecule has 24 heavy (non-hydrogen) atoms. The number of carboxylic acids is 2. The van der Waals surface area contributed by atoms with Crippen LogP contribution in [0.15, 0.2) is 0 Å². The minimum Gasteiger partial charge on any atom is -0.480 e. The molecule has 0 aromatic heterocycles. The Balaban J connectivity index is 0. The number of carbonyl (C=O) groups is 4. The monoisotopic (exact) mass is 346 g/mol. The summed E-state index contributed by atoms with van der Waals surface area (Å²) in [5.74, 6) is -2.03. The van der Waals surface area contributed by atoms with Crippen LogP contribution in [0, 0.1) is 11.8 Å². The molecule has 0 heterocycles. The second-order valence-electron chi connectivity index (χ2n) is 6.44. The van der Waals surface area contributed by atoms with Gasteiger partial charge >= 0.3 is 11.9 Å². The molecule has 2 unspecified atom stereocenters. The largest absolute Gasteiger partial charge is 0.480 e. The van der Waals surface area contributed by atoms with Gasteiger partial charge in [0.05, 0.1) is 0 Å². The number of carboxylic acid groups (broad SMARTS) is 2. The number of rotatable bonds is 8. The van der Waals surface area contributed by atoms with Crippen LogP contribution in [0.4, 0.5) is 0 Å². The molecule has 0 bridgehead atoms. The Hall–Kier alpha value is -2.12. The van der Waals surface area contributed by atoms with Crippen LogP contribution >= 0.6 is 0 Å². The first-order valence-corrected chi connectivity index (χ1v) is 7.86. The number of nitrogens with one attached hydrogen (secondary N) is 2. The minimum absolute atomic E-state index is 0.262. The van der Waals surface area contributed by atoms with Crippen molar-refractivity contribution >= 4 is 23.8 Å². The van der Waals surface area contributed by atoms with E-state index in [4.69, 9.17) is 10.2 Å². The van der Waals surface area contributed by atoms with Gasteiger partial charge in [0.2, 0.25) is 11.8 Å². The van der Waals surface area contributed by atoms with E-state index in [1.807, 2.05) is 27.7 Å². The molecule has 0 radical (unpaired) electrons. The van der Waals surface area contributed by atoms with Gasteiger partial charge in [-0.1, -0.05) is 27.7 Å². The fourth-order valence-electron chi connectivity index (χ4n) is 1.88. The Morgan fingerprint density at radius 1 is 0.708 bits per heavy atom. The van der Waals surface area contributed by atoms with Crippen molar-refractivity contribution in [1.29, 1.82) is 0 Å². The second kappa shape index (κ2) is 12.3. The Morgan fingerprint density at radius 2 is 0.958 bits per heavy atom. The second-order valence-corrected chi connectivity index (χ2v) is 6.44. The van der Waals surface area contributed by atoms with Crippen molar-refractivity contribution < 1.29 is 29.4 Å². The zero-order valence-corrected chi connectivity index (χ0v) is 15.3. The predicted molar refractivity (Wildman–Crippen MR) is 89.4 cm³/mol. The third-order valence-corrected chi connectivity index (χ3v) is 2.77. The Morgan fingerprint density at radius 3 is 1.08 bits per heavy atom. The molecule has 8 heteroatoms. The smallest absolute Gasteiger partial charge is 0.326 e. The van der Waals surface area contributed by atoms with E-state index in [1.54, 1.807) is 0 Å². The van der Waals surface area contributed by atoms with E-state index in [9.17, 15) is 19.2 Å². The van der Waals surface area contributed by atoms with Gasteiger partial charge < -0.3 is 20.8 Å². The number of aliphatic carboxylic acids is 2. The van der Waals surface area contributed by atoms with Crippen LogP contribution in [0.2, 0.25) is 0 Å². The van der Waals surface area contributed by atoms with Gasteiger partial charge in [-0.2, -0.15) is 0 Å².